The fourth-order valence-electron chi connectivity index (χ4n) is 2.20. The van der Waals surface area contributed by atoms with Crippen molar-refractivity contribution < 1.29 is 19.4 Å². The van der Waals surface area contributed by atoms with Crippen molar-refractivity contribution in [2.45, 2.75) is 13.0 Å². The molecule has 2 aromatic heterocycles. The number of carboxylic acid groups (broad SMARTS) is 1. The van der Waals surface area contributed by atoms with E-state index in [1.807, 2.05) is 12.1 Å². The first-order valence-corrected chi connectivity index (χ1v) is 7.11. The summed E-state index contributed by atoms with van der Waals surface area (Å²) in [5.74, 6) is 0.650. The summed E-state index contributed by atoms with van der Waals surface area (Å²) < 4.78 is 7.00. The Hall–Kier alpha value is -2.74. The van der Waals surface area contributed by atoms with Crippen molar-refractivity contribution in [2.75, 3.05) is 18.5 Å². The highest BCUT2D eigenvalue weighted by molar-refractivity contribution is 5.92. The van der Waals surface area contributed by atoms with E-state index in [9.17, 15) is 4.79 Å². The van der Waals surface area contributed by atoms with E-state index in [1.54, 1.807) is 29.3 Å². The van der Waals surface area contributed by atoms with Crippen molar-refractivity contribution in [3.8, 4) is 0 Å². The highest BCUT2D eigenvalue weighted by Gasteiger charge is 2.24. The van der Waals surface area contributed by atoms with E-state index < -0.39 is 0 Å². The topological polar surface area (TPSA) is 106 Å². The van der Waals surface area contributed by atoms with E-state index in [0.29, 0.717) is 25.6 Å². The Morgan fingerprint density at radius 3 is 2.78 bits per heavy atom. The van der Waals surface area contributed by atoms with Crippen LogP contribution in [0, 0.1) is 5.92 Å². The average molecular weight is 318 g/mol. The van der Waals surface area contributed by atoms with Gasteiger partial charge in [-0.3, -0.25) is 14.6 Å². The van der Waals surface area contributed by atoms with Crippen LogP contribution >= 0.6 is 0 Å². The number of nitrogens with one attached hydrogen (secondary N) is 1. The van der Waals surface area contributed by atoms with Crippen molar-refractivity contribution in [2.24, 2.45) is 5.92 Å². The maximum atomic E-state index is 12.1. The van der Waals surface area contributed by atoms with Gasteiger partial charge in [-0.05, 0) is 24.1 Å². The highest BCUT2D eigenvalue weighted by atomic mass is 16.5. The number of hydrogen-bond donors (Lipinski definition) is 2. The molecule has 8 nitrogen and oxygen atoms in total. The van der Waals surface area contributed by atoms with E-state index >= 15 is 0 Å². The smallest absolute Gasteiger partial charge is 0.290 e. The molecular weight excluding hydrogens is 300 g/mol. The SMILES string of the molecule is O=C(Nc1ccnn1Cc1ccncc1)C1CCOC1.O=CO. The summed E-state index contributed by atoms with van der Waals surface area (Å²) in [6, 6.07) is 5.66. The molecule has 2 aromatic rings. The third kappa shape index (κ3) is 4.89. The third-order valence-corrected chi connectivity index (χ3v) is 3.35. The van der Waals surface area contributed by atoms with Gasteiger partial charge in [0.1, 0.15) is 5.82 Å². The lowest BCUT2D eigenvalue weighted by atomic mass is 10.1. The van der Waals surface area contributed by atoms with Gasteiger partial charge in [-0.2, -0.15) is 5.10 Å². The minimum absolute atomic E-state index is 0.000946. The van der Waals surface area contributed by atoms with Crippen molar-refractivity contribution in [1.82, 2.24) is 14.8 Å². The van der Waals surface area contributed by atoms with Crippen LogP contribution in [0.15, 0.2) is 36.8 Å². The molecule has 0 aliphatic carbocycles. The van der Waals surface area contributed by atoms with Gasteiger partial charge in [-0.1, -0.05) is 0 Å². The van der Waals surface area contributed by atoms with Crippen LogP contribution in [0.2, 0.25) is 0 Å². The maximum Gasteiger partial charge on any atom is 0.290 e. The van der Waals surface area contributed by atoms with Gasteiger partial charge in [0.05, 0.1) is 25.3 Å². The summed E-state index contributed by atoms with van der Waals surface area (Å²) >= 11 is 0. The monoisotopic (exact) mass is 318 g/mol. The number of aromatic nitrogens is 3. The molecule has 2 N–H and O–H groups in total. The average Bonchev–Trinajstić information content (AvgIpc) is 3.22. The lowest BCUT2D eigenvalue weighted by Crippen LogP contribution is -2.24. The molecule has 1 amide bonds. The molecule has 1 fully saturated rings. The van der Waals surface area contributed by atoms with E-state index in [-0.39, 0.29) is 18.3 Å². The Balaban J connectivity index is 0.000000595. The Kier molecular flexibility index (Phi) is 6.25. The maximum absolute atomic E-state index is 12.1. The number of pyridine rings is 1. The highest BCUT2D eigenvalue weighted by Crippen LogP contribution is 2.16. The van der Waals surface area contributed by atoms with Crippen LogP contribution in [0.25, 0.3) is 0 Å². The van der Waals surface area contributed by atoms with Gasteiger partial charge in [0.15, 0.2) is 0 Å². The molecule has 1 saturated heterocycles. The molecule has 3 rings (SSSR count). The quantitative estimate of drug-likeness (QED) is 0.815. The zero-order valence-corrected chi connectivity index (χ0v) is 12.5. The fraction of sp³-hybridized carbons (Fsp3) is 0.333. The molecule has 0 radical (unpaired) electrons. The van der Waals surface area contributed by atoms with Gasteiger partial charge in [0.25, 0.3) is 6.47 Å². The minimum Gasteiger partial charge on any atom is -0.483 e. The van der Waals surface area contributed by atoms with Gasteiger partial charge in [0.2, 0.25) is 5.91 Å². The van der Waals surface area contributed by atoms with Crippen molar-refractivity contribution >= 4 is 18.2 Å². The van der Waals surface area contributed by atoms with Crippen molar-refractivity contribution in [3.05, 3.63) is 42.4 Å². The largest absolute Gasteiger partial charge is 0.483 e. The van der Waals surface area contributed by atoms with Crippen molar-refractivity contribution in [1.29, 1.82) is 0 Å². The second kappa shape index (κ2) is 8.64. The summed E-state index contributed by atoms with van der Waals surface area (Å²) in [5.41, 5.74) is 1.09. The predicted octanol–water partition coefficient (Wildman–Crippen LogP) is 1.00. The van der Waals surface area contributed by atoms with Gasteiger partial charge < -0.3 is 15.2 Å². The Morgan fingerprint density at radius 2 is 2.13 bits per heavy atom. The molecule has 0 spiro atoms. The van der Waals surface area contributed by atoms with Crippen LogP contribution in [-0.4, -0.2) is 45.5 Å². The van der Waals surface area contributed by atoms with Gasteiger partial charge in [-0.25, -0.2) is 4.68 Å². The number of hydrogen-bond acceptors (Lipinski definition) is 5. The number of anilines is 1. The number of ether oxygens (including phenoxy) is 1. The van der Waals surface area contributed by atoms with E-state index in [4.69, 9.17) is 14.6 Å². The van der Waals surface area contributed by atoms with Crippen LogP contribution in [0.5, 0.6) is 0 Å². The summed E-state index contributed by atoms with van der Waals surface area (Å²) in [7, 11) is 0. The third-order valence-electron chi connectivity index (χ3n) is 3.35. The molecule has 3 heterocycles. The summed E-state index contributed by atoms with van der Waals surface area (Å²) in [4.78, 5) is 24.4. The fourth-order valence-corrected chi connectivity index (χ4v) is 2.20. The van der Waals surface area contributed by atoms with Crippen LogP contribution < -0.4 is 5.32 Å². The molecule has 0 saturated carbocycles. The van der Waals surface area contributed by atoms with Crippen molar-refractivity contribution in [3.63, 3.8) is 0 Å². The number of amides is 1. The van der Waals surface area contributed by atoms with Crippen LogP contribution in [0.4, 0.5) is 5.82 Å². The first kappa shape index (κ1) is 16.6. The molecule has 1 aliphatic heterocycles. The standard InChI is InChI=1S/C14H16N4O2.CH2O2/c19-14(12-4-8-20-10-12)17-13-3-7-16-18(13)9-11-1-5-15-6-2-11;2-1-3/h1-3,5-7,12H,4,8-10H2,(H,17,19);1H,(H,2,3). The van der Waals surface area contributed by atoms with Gasteiger partial charge in [-0.15, -0.1) is 0 Å². The molecule has 122 valence electrons. The lowest BCUT2D eigenvalue weighted by molar-refractivity contribution is -0.123. The first-order valence-electron chi connectivity index (χ1n) is 7.11. The first-order chi connectivity index (χ1) is 11.2. The Morgan fingerprint density at radius 1 is 1.39 bits per heavy atom. The molecule has 0 aromatic carbocycles. The van der Waals surface area contributed by atoms with Crippen LogP contribution in [-0.2, 0) is 20.9 Å². The molecular formula is C15H18N4O4. The van der Waals surface area contributed by atoms with Crippen LogP contribution in [0.3, 0.4) is 0 Å². The molecule has 0 bridgehead atoms. The molecule has 8 heteroatoms. The van der Waals surface area contributed by atoms with E-state index in [0.717, 1.165) is 12.0 Å². The van der Waals surface area contributed by atoms with Gasteiger partial charge in [0, 0.05) is 25.1 Å². The molecule has 23 heavy (non-hydrogen) atoms. The summed E-state index contributed by atoms with van der Waals surface area (Å²) in [5, 5.41) is 14.0. The van der Waals surface area contributed by atoms with E-state index in [2.05, 4.69) is 15.4 Å². The number of carbonyl (C=O) groups excluding carboxylic acids is 1. The minimum atomic E-state index is -0.250. The molecule has 1 atom stereocenters. The zero-order valence-electron chi connectivity index (χ0n) is 12.5. The second-order valence-electron chi connectivity index (χ2n) is 4.88. The zero-order chi connectivity index (χ0) is 16.5. The predicted molar refractivity (Wildman–Crippen MR) is 81.8 cm³/mol. The second-order valence-corrected chi connectivity index (χ2v) is 4.88. The number of rotatable bonds is 4. The Labute approximate surface area is 133 Å². The van der Waals surface area contributed by atoms with E-state index in [1.165, 1.54) is 0 Å². The van der Waals surface area contributed by atoms with Crippen LogP contribution in [0.1, 0.15) is 12.0 Å². The lowest BCUT2D eigenvalue weighted by Gasteiger charge is -2.11. The number of carbonyl (C=O) groups is 2. The molecule has 1 unspecified atom stereocenters. The number of nitrogens with zero attached hydrogens (tertiary/aromatic N) is 3. The summed E-state index contributed by atoms with van der Waals surface area (Å²) in [6.45, 7) is 1.52. The van der Waals surface area contributed by atoms with Gasteiger partial charge >= 0.3 is 0 Å². The summed E-state index contributed by atoms with van der Waals surface area (Å²) in [6.07, 6.45) is 5.95. The normalized spacial score (nSPS) is 16.3. The Bertz CT molecular complexity index is 623. The molecule has 1 aliphatic rings.